The van der Waals surface area contributed by atoms with Gasteiger partial charge in [-0.1, -0.05) is 11.6 Å². The highest BCUT2D eigenvalue weighted by atomic mass is 35.5. The molecule has 90 valence electrons. The van der Waals surface area contributed by atoms with Crippen molar-refractivity contribution in [3.63, 3.8) is 0 Å². The van der Waals surface area contributed by atoms with Crippen molar-refractivity contribution in [3.05, 3.63) is 53.3 Å². The molecule has 0 aliphatic heterocycles. The summed E-state index contributed by atoms with van der Waals surface area (Å²) in [6, 6.07) is 8.94. The van der Waals surface area contributed by atoms with Gasteiger partial charge in [-0.15, -0.1) is 0 Å². The highest BCUT2D eigenvalue weighted by Gasteiger charge is 2.09. The first kappa shape index (κ1) is 11.1. The second-order valence-electron chi connectivity index (χ2n) is 4.26. The molecule has 0 spiro atoms. The van der Waals surface area contributed by atoms with Crippen LogP contribution in [-0.4, -0.2) is 14.5 Å². The van der Waals surface area contributed by atoms with E-state index >= 15 is 0 Å². The van der Waals surface area contributed by atoms with Crippen LogP contribution < -0.4 is 0 Å². The molecule has 0 fully saturated rings. The lowest BCUT2D eigenvalue weighted by Gasteiger charge is -2.00. The maximum atomic E-state index is 9.86. The lowest BCUT2D eigenvalue weighted by Crippen LogP contribution is -1.81. The molecule has 0 aliphatic rings. The Morgan fingerprint density at radius 1 is 1.22 bits per heavy atom. The van der Waals surface area contributed by atoms with Crippen LogP contribution in [0.1, 0.15) is 5.56 Å². The number of pyridine rings is 1. The van der Waals surface area contributed by atoms with Gasteiger partial charge >= 0.3 is 0 Å². The fraction of sp³-hybridized carbons (Fsp3) is 0.0714. The van der Waals surface area contributed by atoms with E-state index in [1.807, 2.05) is 35.9 Å². The summed E-state index contributed by atoms with van der Waals surface area (Å²) in [5, 5.41) is 10.4. The molecule has 3 rings (SSSR count). The molecule has 0 radical (unpaired) electrons. The molecule has 2 aromatic heterocycles. The molecule has 0 saturated carbocycles. The van der Waals surface area contributed by atoms with E-state index < -0.39 is 0 Å². The number of aromatic nitrogens is 2. The molecule has 0 bridgehead atoms. The minimum atomic E-state index is 0.180. The number of rotatable bonds is 1. The van der Waals surface area contributed by atoms with E-state index in [4.69, 9.17) is 11.6 Å². The molecule has 0 unspecified atom stereocenters. The fourth-order valence-electron chi connectivity index (χ4n) is 1.93. The van der Waals surface area contributed by atoms with Gasteiger partial charge in [0.2, 0.25) is 0 Å². The Balaban J connectivity index is 2.22. The van der Waals surface area contributed by atoms with Crippen LogP contribution >= 0.6 is 11.6 Å². The van der Waals surface area contributed by atoms with E-state index in [-0.39, 0.29) is 5.75 Å². The third kappa shape index (κ3) is 1.83. The summed E-state index contributed by atoms with van der Waals surface area (Å²) >= 11 is 5.94. The maximum absolute atomic E-state index is 9.86. The van der Waals surface area contributed by atoms with Gasteiger partial charge in [0.15, 0.2) is 0 Å². The Morgan fingerprint density at radius 2 is 2.06 bits per heavy atom. The average Bonchev–Trinajstić information content (AvgIpc) is 2.74. The standard InChI is InChI=1S/C14H11ClN2O/c1-9-4-5-17-8-12(16-14(17)6-9)11-7-10(15)2-3-13(11)18/h2-8,18H,1H3. The molecule has 18 heavy (non-hydrogen) atoms. The van der Waals surface area contributed by atoms with Crippen molar-refractivity contribution in [1.29, 1.82) is 0 Å². The van der Waals surface area contributed by atoms with Gasteiger partial charge in [-0.3, -0.25) is 0 Å². The Hall–Kier alpha value is -2.00. The summed E-state index contributed by atoms with van der Waals surface area (Å²) in [4.78, 5) is 4.49. The Kier molecular flexibility index (Phi) is 2.49. The minimum Gasteiger partial charge on any atom is -0.507 e. The topological polar surface area (TPSA) is 37.5 Å². The van der Waals surface area contributed by atoms with Crippen molar-refractivity contribution in [1.82, 2.24) is 9.38 Å². The summed E-state index contributed by atoms with van der Waals surface area (Å²) in [7, 11) is 0. The minimum absolute atomic E-state index is 0.180. The van der Waals surface area contributed by atoms with Crippen LogP contribution in [-0.2, 0) is 0 Å². The van der Waals surface area contributed by atoms with E-state index in [1.54, 1.807) is 18.2 Å². The number of aromatic hydroxyl groups is 1. The average molecular weight is 259 g/mol. The molecule has 0 amide bonds. The lowest BCUT2D eigenvalue weighted by atomic mass is 10.1. The number of imidazole rings is 1. The monoisotopic (exact) mass is 258 g/mol. The molecule has 2 heterocycles. The second kappa shape index (κ2) is 4.03. The molecular weight excluding hydrogens is 248 g/mol. The van der Waals surface area contributed by atoms with Crippen LogP contribution in [0.15, 0.2) is 42.7 Å². The summed E-state index contributed by atoms with van der Waals surface area (Å²) in [6.45, 7) is 2.02. The van der Waals surface area contributed by atoms with Gasteiger partial charge in [-0.25, -0.2) is 4.98 Å². The zero-order valence-corrected chi connectivity index (χ0v) is 10.5. The van der Waals surface area contributed by atoms with Crippen LogP contribution in [0, 0.1) is 6.92 Å². The van der Waals surface area contributed by atoms with E-state index in [2.05, 4.69) is 4.98 Å². The largest absolute Gasteiger partial charge is 0.507 e. The number of phenolic OH excluding ortho intramolecular Hbond substituents is 1. The van der Waals surface area contributed by atoms with E-state index in [0.29, 0.717) is 16.3 Å². The van der Waals surface area contributed by atoms with Crippen molar-refractivity contribution in [2.45, 2.75) is 6.92 Å². The van der Waals surface area contributed by atoms with Gasteiger partial charge in [-0.2, -0.15) is 0 Å². The van der Waals surface area contributed by atoms with Crippen LogP contribution in [0.2, 0.25) is 5.02 Å². The van der Waals surface area contributed by atoms with Crippen LogP contribution in [0.5, 0.6) is 5.75 Å². The van der Waals surface area contributed by atoms with Crippen molar-refractivity contribution >= 4 is 17.2 Å². The molecule has 1 N–H and O–H groups in total. The number of aryl methyl sites for hydroxylation is 1. The number of halogens is 1. The van der Waals surface area contributed by atoms with Gasteiger partial charge < -0.3 is 9.51 Å². The number of nitrogens with zero attached hydrogens (tertiary/aromatic N) is 2. The first-order valence-electron chi connectivity index (χ1n) is 5.58. The second-order valence-corrected chi connectivity index (χ2v) is 4.69. The van der Waals surface area contributed by atoms with Gasteiger partial charge in [0.1, 0.15) is 11.4 Å². The molecular formula is C14H11ClN2O. The first-order chi connectivity index (χ1) is 8.63. The maximum Gasteiger partial charge on any atom is 0.137 e. The zero-order valence-electron chi connectivity index (χ0n) is 9.76. The molecule has 0 atom stereocenters. The number of fused-ring (bicyclic) bond motifs is 1. The molecule has 0 saturated heterocycles. The predicted molar refractivity (Wildman–Crippen MR) is 72.0 cm³/mol. The van der Waals surface area contributed by atoms with Crippen molar-refractivity contribution in [2.75, 3.05) is 0 Å². The summed E-state index contributed by atoms with van der Waals surface area (Å²) < 4.78 is 1.92. The number of hydrogen-bond donors (Lipinski definition) is 1. The van der Waals surface area contributed by atoms with Gasteiger partial charge in [0.25, 0.3) is 0 Å². The number of phenols is 1. The Bertz CT molecular complexity index is 734. The first-order valence-corrected chi connectivity index (χ1v) is 5.95. The molecule has 3 nitrogen and oxygen atoms in total. The molecule has 3 aromatic rings. The summed E-state index contributed by atoms with van der Waals surface area (Å²) in [6.07, 6.45) is 3.82. The van der Waals surface area contributed by atoms with Gasteiger partial charge in [0.05, 0.1) is 5.69 Å². The van der Waals surface area contributed by atoms with Crippen LogP contribution in [0.4, 0.5) is 0 Å². The summed E-state index contributed by atoms with van der Waals surface area (Å²) in [5.74, 6) is 0.180. The van der Waals surface area contributed by atoms with Crippen molar-refractivity contribution in [2.24, 2.45) is 0 Å². The summed E-state index contributed by atoms with van der Waals surface area (Å²) in [5.41, 5.74) is 3.35. The smallest absolute Gasteiger partial charge is 0.137 e. The highest BCUT2D eigenvalue weighted by molar-refractivity contribution is 6.30. The lowest BCUT2D eigenvalue weighted by molar-refractivity contribution is 0.477. The molecule has 1 aromatic carbocycles. The number of benzene rings is 1. The normalized spacial score (nSPS) is 11.0. The van der Waals surface area contributed by atoms with Crippen molar-refractivity contribution < 1.29 is 5.11 Å². The fourth-order valence-corrected chi connectivity index (χ4v) is 2.10. The van der Waals surface area contributed by atoms with Gasteiger partial charge in [0, 0.05) is 23.0 Å². The molecule has 0 aliphatic carbocycles. The van der Waals surface area contributed by atoms with E-state index in [9.17, 15) is 5.11 Å². The van der Waals surface area contributed by atoms with Crippen molar-refractivity contribution in [3.8, 4) is 17.0 Å². The predicted octanol–water partition coefficient (Wildman–Crippen LogP) is 3.67. The number of hydrogen-bond acceptors (Lipinski definition) is 2. The Morgan fingerprint density at radius 3 is 2.89 bits per heavy atom. The highest BCUT2D eigenvalue weighted by Crippen LogP contribution is 2.31. The Labute approximate surface area is 109 Å². The van der Waals surface area contributed by atoms with Crippen LogP contribution in [0.3, 0.4) is 0 Å². The zero-order chi connectivity index (χ0) is 12.7. The molecule has 4 heteroatoms. The van der Waals surface area contributed by atoms with E-state index in [0.717, 1.165) is 11.2 Å². The van der Waals surface area contributed by atoms with Gasteiger partial charge in [-0.05, 0) is 42.8 Å². The van der Waals surface area contributed by atoms with E-state index in [1.165, 1.54) is 0 Å². The third-order valence-electron chi connectivity index (χ3n) is 2.85. The third-order valence-corrected chi connectivity index (χ3v) is 3.09. The SMILES string of the molecule is Cc1ccn2cc(-c3cc(Cl)ccc3O)nc2c1. The quantitative estimate of drug-likeness (QED) is 0.723. The van der Waals surface area contributed by atoms with Crippen LogP contribution in [0.25, 0.3) is 16.9 Å².